The van der Waals surface area contributed by atoms with E-state index in [2.05, 4.69) is 61.3 Å². The molecule has 1 amide bonds. The molecule has 1 fully saturated rings. The summed E-state index contributed by atoms with van der Waals surface area (Å²) in [5.74, 6) is 1.46. The van der Waals surface area contributed by atoms with Crippen LogP contribution in [-0.4, -0.2) is 31.3 Å². The monoisotopic (exact) mass is 406 g/mol. The van der Waals surface area contributed by atoms with Gasteiger partial charge in [0.05, 0.1) is 19.8 Å². The summed E-state index contributed by atoms with van der Waals surface area (Å²) in [7, 11) is 1.65. The number of nitrogens with zero attached hydrogens (tertiary/aromatic N) is 1. The van der Waals surface area contributed by atoms with Crippen LogP contribution in [0.5, 0.6) is 11.5 Å². The highest BCUT2D eigenvalue weighted by atomic mass is 16.5. The zero-order chi connectivity index (χ0) is 21.7. The number of benzene rings is 2. The number of carbonyl (C=O) groups is 1. The zero-order valence-corrected chi connectivity index (χ0v) is 18.6. The molecule has 0 bridgehead atoms. The van der Waals surface area contributed by atoms with Crippen molar-refractivity contribution in [2.24, 2.45) is 0 Å². The summed E-state index contributed by atoms with van der Waals surface area (Å²) in [6.07, 6.45) is 4.24. The van der Waals surface area contributed by atoms with Crippen molar-refractivity contribution in [1.29, 1.82) is 0 Å². The van der Waals surface area contributed by atoms with Crippen LogP contribution < -0.4 is 19.7 Å². The predicted molar refractivity (Wildman–Crippen MR) is 120 cm³/mol. The van der Waals surface area contributed by atoms with Gasteiger partial charge in [0.2, 0.25) is 5.91 Å². The van der Waals surface area contributed by atoms with Gasteiger partial charge in [-0.15, -0.1) is 0 Å². The van der Waals surface area contributed by atoms with Crippen LogP contribution in [-0.2, 0) is 10.2 Å². The van der Waals surface area contributed by atoms with Gasteiger partial charge in [0.15, 0.2) is 11.5 Å². The highest BCUT2D eigenvalue weighted by Gasteiger charge is 2.59. The van der Waals surface area contributed by atoms with Crippen LogP contribution in [0.1, 0.15) is 44.4 Å². The SMILES string of the molecule is COc1cc(C=CC23NC(=O)CN2c2ccc(C)cc2C3(C)C)ccc1OC(C)C. The van der Waals surface area contributed by atoms with Crippen molar-refractivity contribution >= 4 is 17.7 Å². The van der Waals surface area contributed by atoms with Gasteiger partial charge in [-0.05, 0) is 56.2 Å². The molecule has 0 saturated carbocycles. The Morgan fingerprint density at radius 3 is 2.60 bits per heavy atom. The Hall–Kier alpha value is -2.95. The largest absolute Gasteiger partial charge is 0.493 e. The molecule has 1 saturated heterocycles. The van der Waals surface area contributed by atoms with E-state index in [0.717, 1.165) is 17.0 Å². The Kier molecular flexibility index (Phi) is 4.80. The minimum absolute atomic E-state index is 0.0391. The van der Waals surface area contributed by atoms with E-state index in [-0.39, 0.29) is 17.4 Å². The summed E-state index contributed by atoms with van der Waals surface area (Å²) in [5.41, 5.74) is 3.68. The van der Waals surface area contributed by atoms with Gasteiger partial charge in [0.1, 0.15) is 5.66 Å². The molecule has 2 heterocycles. The maximum atomic E-state index is 12.5. The third-order valence-corrected chi connectivity index (χ3v) is 6.19. The number of aryl methyl sites for hydroxylation is 1. The van der Waals surface area contributed by atoms with Crippen LogP contribution in [0.2, 0.25) is 0 Å². The van der Waals surface area contributed by atoms with E-state index < -0.39 is 5.66 Å². The number of ether oxygens (including phenoxy) is 2. The lowest BCUT2D eigenvalue weighted by Gasteiger charge is -2.40. The Bertz CT molecular complexity index is 1030. The molecule has 2 aromatic carbocycles. The van der Waals surface area contributed by atoms with Crippen molar-refractivity contribution in [3.05, 3.63) is 59.2 Å². The average molecular weight is 407 g/mol. The molecule has 1 atom stereocenters. The van der Waals surface area contributed by atoms with Gasteiger partial charge in [-0.1, -0.05) is 43.7 Å². The molecule has 1 N–H and O–H groups in total. The van der Waals surface area contributed by atoms with Gasteiger partial charge < -0.3 is 19.7 Å². The first-order valence-electron chi connectivity index (χ1n) is 10.4. The van der Waals surface area contributed by atoms with Crippen LogP contribution in [0.3, 0.4) is 0 Å². The summed E-state index contributed by atoms with van der Waals surface area (Å²) in [4.78, 5) is 14.7. The molecule has 0 aliphatic carbocycles. The molecular formula is C25H30N2O3. The van der Waals surface area contributed by atoms with Crippen molar-refractivity contribution in [3.63, 3.8) is 0 Å². The first-order valence-corrected chi connectivity index (χ1v) is 10.4. The van der Waals surface area contributed by atoms with Crippen LogP contribution in [0.15, 0.2) is 42.5 Å². The van der Waals surface area contributed by atoms with E-state index in [1.807, 2.05) is 32.0 Å². The van der Waals surface area contributed by atoms with Gasteiger partial charge in [0, 0.05) is 11.1 Å². The first kappa shape index (κ1) is 20.3. The first-order chi connectivity index (χ1) is 14.2. The maximum Gasteiger partial charge on any atom is 0.241 e. The molecule has 5 nitrogen and oxygen atoms in total. The van der Waals surface area contributed by atoms with Crippen LogP contribution in [0.25, 0.3) is 6.08 Å². The summed E-state index contributed by atoms with van der Waals surface area (Å²) in [5, 5.41) is 3.27. The minimum atomic E-state index is -0.611. The van der Waals surface area contributed by atoms with E-state index in [0.29, 0.717) is 12.3 Å². The summed E-state index contributed by atoms with van der Waals surface area (Å²) < 4.78 is 11.3. The second kappa shape index (κ2) is 7.08. The van der Waals surface area contributed by atoms with Gasteiger partial charge in [-0.3, -0.25) is 4.79 Å². The zero-order valence-electron chi connectivity index (χ0n) is 18.6. The molecule has 4 rings (SSSR count). The molecule has 30 heavy (non-hydrogen) atoms. The Morgan fingerprint density at radius 2 is 1.90 bits per heavy atom. The summed E-state index contributed by atoms with van der Waals surface area (Å²) in [6.45, 7) is 10.8. The standard InChI is InChI=1S/C25H30N2O3/c1-16(2)30-21-10-8-18(14-22(21)29-6)11-12-25-24(4,5)19-13-17(3)7-9-20(19)27(25)15-23(28)26-25/h7-14,16H,15H2,1-6H3,(H,26,28). The molecule has 2 aliphatic rings. The van der Waals surface area contributed by atoms with E-state index in [9.17, 15) is 4.79 Å². The fourth-order valence-electron chi connectivity index (χ4n) is 4.64. The molecule has 1 unspecified atom stereocenters. The van der Waals surface area contributed by atoms with E-state index in [4.69, 9.17) is 9.47 Å². The molecular weight excluding hydrogens is 376 g/mol. The molecule has 0 spiro atoms. The van der Waals surface area contributed by atoms with E-state index in [1.54, 1.807) is 7.11 Å². The minimum Gasteiger partial charge on any atom is -0.493 e. The lowest BCUT2D eigenvalue weighted by molar-refractivity contribution is -0.118. The lowest BCUT2D eigenvalue weighted by Crippen LogP contribution is -2.58. The number of carbonyl (C=O) groups excluding carboxylic acids is 1. The third-order valence-electron chi connectivity index (χ3n) is 6.19. The van der Waals surface area contributed by atoms with Crippen molar-refractivity contribution in [2.45, 2.75) is 51.8 Å². The second-order valence-electron chi connectivity index (χ2n) is 8.96. The third kappa shape index (κ3) is 3.04. The van der Waals surface area contributed by atoms with Gasteiger partial charge in [-0.25, -0.2) is 0 Å². The van der Waals surface area contributed by atoms with Gasteiger partial charge in [-0.2, -0.15) is 0 Å². The molecule has 5 heteroatoms. The summed E-state index contributed by atoms with van der Waals surface area (Å²) >= 11 is 0. The number of amides is 1. The highest BCUT2D eigenvalue weighted by Crippen LogP contribution is 2.53. The average Bonchev–Trinajstić information content (AvgIpc) is 3.11. The second-order valence-corrected chi connectivity index (χ2v) is 8.96. The number of hydrogen-bond acceptors (Lipinski definition) is 4. The topological polar surface area (TPSA) is 50.8 Å². The molecule has 2 aliphatic heterocycles. The number of rotatable bonds is 5. The normalized spacial score (nSPS) is 21.7. The van der Waals surface area contributed by atoms with Crippen molar-refractivity contribution in [3.8, 4) is 11.5 Å². The van der Waals surface area contributed by atoms with E-state index >= 15 is 0 Å². The summed E-state index contributed by atoms with van der Waals surface area (Å²) in [6, 6.07) is 12.4. The molecule has 2 aromatic rings. The number of nitrogens with one attached hydrogen (secondary N) is 1. The quantitative estimate of drug-likeness (QED) is 0.798. The molecule has 0 aromatic heterocycles. The van der Waals surface area contributed by atoms with Crippen LogP contribution >= 0.6 is 0 Å². The fraction of sp³-hybridized carbons (Fsp3) is 0.400. The fourth-order valence-corrected chi connectivity index (χ4v) is 4.64. The van der Waals surface area contributed by atoms with Crippen molar-refractivity contribution < 1.29 is 14.3 Å². The van der Waals surface area contributed by atoms with Gasteiger partial charge >= 0.3 is 0 Å². The van der Waals surface area contributed by atoms with E-state index in [1.165, 1.54) is 11.1 Å². The van der Waals surface area contributed by atoms with Crippen LogP contribution in [0, 0.1) is 6.92 Å². The molecule has 158 valence electrons. The number of anilines is 1. The molecule has 0 radical (unpaired) electrons. The van der Waals surface area contributed by atoms with Crippen molar-refractivity contribution in [2.75, 3.05) is 18.6 Å². The smallest absolute Gasteiger partial charge is 0.241 e. The maximum absolute atomic E-state index is 12.5. The van der Waals surface area contributed by atoms with Crippen LogP contribution in [0.4, 0.5) is 5.69 Å². The van der Waals surface area contributed by atoms with Crippen molar-refractivity contribution in [1.82, 2.24) is 5.32 Å². The Morgan fingerprint density at radius 1 is 1.13 bits per heavy atom. The number of hydrogen-bond donors (Lipinski definition) is 1. The predicted octanol–water partition coefficient (Wildman–Crippen LogP) is 4.43. The number of methoxy groups -OCH3 is 1. The Balaban J connectivity index is 1.74. The lowest BCUT2D eigenvalue weighted by atomic mass is 9.75. The Labute approximate surface area is 178 Å². The highest BCUT2D eigenvalue weighted by molar-refractivity contribution is 5.91. The number of fused-ring (bicyclic) bond motifs is 3. The van der Waals surface area contributed by atoms with Gasteiger partial charge in [0.25, 0.3) is 0 Å².